The summed E-state index contributed by atoms with van der Waals surface area (Å²) in [5, 5.41) is 0.00988. The predicted molar refractivity (Wildman–Crippen MR) is 62.8 cm³/mol. The largest absolute Gasteiger partial charge is 0.310 e. The molecule has 0 saturated heterocycles. The average molecular weight is 262 g/mol. The molecule has 0 saturated carbocycles. The Balaban J connectivity index is 2.51. The number of aryl methyl sites for hydroxylation is 1. The van der Waals surface area contributed by atoms with Crippen LogP contribution < -0.4 is 4.90 Å². The second-order valence-electron chi connectivity index (χ2n) is 3.65. The van der Waals surface area contributed by atoms with Crippen LogP contribution in [0.1, 0.15) is 12.0 Å². The van der Waals surface area contributed by atoms with Gasteiger partial charge in [-0.25, -0.2) is 4.39 Å². The van der Waals surface area contributed by atoms with Gasteiger partial charge < -0.3 is 4.90 Å². The van der Waals surface area contributed by atoms with E-state index in [-0.39, 0.29) is 16.8 Å². The first-order chi connectivity index (χ1) is 7.65. The molecule has 5 heteroatoms. The van der Waals surface area contributed by atoms with Crippen LogP contribution in [0.5, 0.6) is 0 Å². The van der Waals surface area contributed by atoms with Gasteiger partial charge in [-0.2, -0.15) is 0 Å². The van der Waals surface area contributed by atoms with Crippen molar-refractivity contribution >= 4 is 34.8 Å². The number of fused-ring (bicyclic) bond motifs is 1. The van der Waals surface area contributed by atoms with Crippen molar-refractivity contribution in [3.05, 3.63) is 28.5 Å². The number of hydrogen-bond acceptors (Lipinski definition) is 1. The summed E-state index contributed by atoms with van der Waals surface area (Å²) in [5.74, 6) is -0.864. The first kappa shape index (κ1) is 11.7. The number of rotatable bonds is 1. The van der Waals surface area contributed by atoms with Crippen LogP contribution >= 0.6 is 23.2 Å². The molecule has 1 amide bonds. The number of carbonyl (C=O) groups excluding carboxylic acids is 1. The van der Waals surface area contributed by atoms with E-state index in [4.69, 9.17) is 23.2 Å². The molecule has 0 aliphatic carbocycles. The van der Waals surface area contributed by atoms with Crippen LogP contribution in [0, 0.1) is 5.82 Å². The summed E-state index contributed by atoms with van der Waals surface area (Å²) in [6, 6.07) is 3.00. The molecular formula is C11H10Cl2FNO. The van der Waals surface area contributed by atoms with Crippen LogP contribution in [-0.2, 0) is 11.2 Å². The molecule has 1 aliphatic heterocycles. The van der Waals surface area contributed by atoms with E-state index in [0.29, 0.717) is 12.2 Å². The molecule has 1 aromatic carbocycles. The van der Waals surface area contributed by atoms with E-state index < -0.39 is 5.82 Å². The van der Waals surface area contributed by atoms with Gasteiger partial charge in [-0.15, -0.1) is 11.6 Å². The molecule has 0 radical (unpaired) electrons. The minimum Gasteiger partial charge on any atom is -0.310 e. The zero-order chi connectivity index (χ0) is 11.7. The fourth-order valence-corrected chi connectivity index (χ4v) is 2.37. The molecule has 1 aromatic rings. The molecule has 0 N–H and O–H groups in total. The summed E-state index contributed by atoms with van der Waals surface area (Å²) in [4.78, 5) is 13.1. The Kier molecular flexibility index (Phi) is 3.36. The minimum atomic E-state index is -0.505. The second kappa shape index (κ2) is 4.60. The van der Waals surface area contributed by atoms with Gasteiger partial charge in [-0.05, 0) is 24.5 Å². The molecule has 0 aromatic heterocycles. The van der Waals surface area contributed by atoms with Crippen molar-refractivity contribution in [1.29, 1.82) is 0 Å². The number of hydrogen-bond donors (Lipinski definition) is 0. The van der Waals surface area contributed by atoms with E-state index in [1.165, 1.54) is 11.0 Å². The molecule has 1 aliphatic rings. The summed E-state index contributed by atoms with van der Waals surface area (Å²) in [5.41, 5.74) is 1.38. The fourth-order valence-electron chi connectivity index (χ4n) is 1.93. The van der Waals surface area contributed by atoms with Gasteiger partial charge in [0, 0.05) is 6.54 Å². The third-order valence-corrected chi connectivity index (χ3v) is 3.25. The standard InChI is InChI=1S/C11H10Cl2FNO/c12-6-9(16)15-5-1-2-7-3-4-8(14)10(13)11(7)15/h3-4H,1-2,5-6H2. The molecule has 0 bridgehead atoms. The van der Waals surface area contributed by atoms with E-state index in [1.807, 2.05) is 0 Å². The lowest BCUT2D eigenvalue weighted by molar-refractivity contribution is -0.116. The zero-order valence-electron chi connectivity index (χ0n) is 8.47. The van der Waals surface area contributed by atoms with Gasteiger partial charge in [0.25, 0.3) is 0 Å². The SMILES string of the molecule is O=C(CCl)N1CCCc2ccc(F)c(Cl)c21. The Bertz CT molecular complexity index is 436. The lowest BCUT2D eigenvalue weighted by atomic mass is 10.0. The summed E-state index contributed by atoms with van der Waals surface area (Å²) < 4.78 is 13.3. The first-order valence-corrected chi connectivity index (χ1v) is 5.89. The van der Waals surface area contributed by atoms with Crippen molar-refractivity contribution in [2.24, 2.45) is 0 Å². The van der Waals surface area contributed by atoms with E-state index in [9.17, 15) is 9.18 Å². The number of benzene rings is 1. The summed E-state index contributed by atoms with van der Waals surface area (Å²) in [6.45, 7) is 0.543. The third-order valence-electron chi connectivity index (χ3n) is 2.67. The van der Waals surface area contributed by atoms with E-state index in [2.05, 4.69) is 0 Å². The van der Waals surface area contributed by atoms with Crippen LogP contribution in [-0.4, -0.2) is 18.3 Å². The van der Waals surface area contributed by atoms with Gasteiger partial charge in [0.15, 0.2) is 0 Å². The quantitative estimate of drug-likeness (QED) is 0.712. The second-order valence-corrected chi connectivity index (χ2v) is 4.30. The molecule has 0 atom stereocenters. The predicted octanol–water partition coefficient (Wildman–Crippen LogP) is 3.00. The Hall–Kier alpha value is -0.800. The van der Waals surface area contributed by atoms with E-state index in [0.717, 1.165) is 18.4 Å². The monoisotopic (exact) mass is 261 g/mol. The number of anilines is 1. The Morgan fingerprint density at radius 3 is 2.94 bits per heavy atom. The Labute approximate surface area is 103 Å². The molecule has 1 heterocycles. The summed E-state index contributed by atoms with van der Waals surface area (Å²) in [6.07, 6.45) is 1.65. The highest BCUT2D eigenvalue weighted by Crippen LogP contribution is 2.36. The number of alkyl halides is 1. The van der Waals surface area contributed by atoms with Gasteiger partial charge in [0.1, 0.15) is 16.7 Å². The van der Waals surface area contributed by atoms with Gasteiger partial charge in [-0.3, -0.25) is 4.79 Å². The van der Waals surface area contributed by atoms with Crippen molar-refractivity contribution in [1.82, 2.24) is 0 Å². The molecular weight excluding hydrogens is 252 g/mol. The van der Waals surface area contributed by atoms with Crippen molar-refractivity contribution in [2.45, 2.75) is 12.8 Å². The van der Waals surface area contributed by atoms with Gasteiger partial charge in [-0.1, -0.05) is 17.7 Å². The minimum absolute atomic E-state index is 0.00988. The van der Waals surface area contributed by atoms with Crippen LogP contribution in [0.4, 0.5) is 10.1 Å². The molecule has 0 fully saturated rings. The summed E-state index contributed by atoms with van der Waals surface area (Å²) in [7, 11) is 0. The van der Waals surface area contributed by atoms with E-state index in [1.54, 1.807) is 6.07 Å². The van der Waals surface area contributed by atoms with Crippen molar-refractivity contribution < 1.29 is 9.18 Å². The smallest absolute Gasteiger partial charge is 0.241 e. The van der Waals surface area contributed by atoms with Crippen LogP contribution in [0.2, 0.25) is 5.02 Å². The summed E-state index contributed by atoms with van der Waals surface area (Å²) >= 11 is 11.4. The molecule has 2 rings (SSSR count). The molecule has 0 spiro atoms. The molecule has 16 heavy (non-hydrogen) atoms. The maximum Gasteiger partial charge on any atom is 0.241 e. The molecule has 0 unspecified atom stereocenters. The maximum absolute atomic E-state index is 13.3. The highest BCUT2D eigenvalue weighted by molar-refractivity contribution is 6.35. The lowest BCUT2D eigenvalue weighted by Gasteiger charge is -2.30. The fraction of sp³-hybridized carbons (Fsp3) is 0.364. The Morgan fingerprint density at radius 2 is 2.25 bits per heavy atom. The Morgan fingerprint density at radius 1 is 1.50 bits per heavy atom. The number of nitrogens with zero attached hydrogens (tertiary/aromatic N) is 1. The van der Waals surface area contributed by atoms with Gasteiger partial charge in [0.2, 0.25) is 5.91 Å². The van der Waals surface area contributed by atoms with Crippen LogP contribution in [0.15, 0.2) is 12.1 Å². The number of carbonyl (C=O) groups is 1. The van der Waals surface area contributed by atoms with Crippen molar-refractivity contribution in [2.75, 3.05) is 17.3 Å². The average Bonchev–Trinajstić information content (AvgIpc) is 2.32. The molecule has 86 valence electrons. The van der Waals surface area contributed by atoms with E-state index >= 15 is 0 Å². The number of halogens is 3. The normalized spacial score (nSPS) is 14.8. The van der Waals surface area contributed by atoms with Crippen molar-refractivity contribution in [3.8, 4) is 0 Å². The van der Waals surface area contributed by atoms with Crippen LogP contribution in [0.25, 0.3) is 0 Å². The topological polar surface area (TPSA) is 20.3 Å². The lowest BCUT2D eigenvalue weighted by Crippen LogP contribution is -2.36. The maximum atomic E-state index is 13.3. The van der Waals surface area contributed by atoms with Gasteiger partial charge >= 0.3 is 0 Å². The van der Waals surface area contributed by atoms with Gasteiger partial charge in [0.05, 0.1) is 5.69 Å². The zero-order valence-corrected chi connectivity index (χ0v) is 9.98. The molecule has 2 nitrogen and oxygen atoms in total. The van der Waals surface area contributed by atoms with Crippen molar-refractivity contribution in [3.63, 3.8) is 0 Å². The third kappa shape index (κ3) is 1.89. The van der Waals surface area contributed by atoms with Crippen LogP contribution in [0.3, 0.4) is 0 Å². The highest BCUT2D eigenvalue weighted by Gasteiger charge is 2.25. The number of amides is 1. The first-order valence-electron chi connectivity index (χ1n) is 4.98. The highest BCUT2D eigenvalue weighted by atomic mass is 35.5.